The van der Waals surface area contributed by atoms with Gasteiger partial charge in [-0.15, -0.1) is 0 Å². The Morgan fingerprint density at radius 3 is 2.41 bits per heavy atom. The van der Waals surface area contributed by atoms with Gasteiger partial charge in [0.1, 0.15) is 6.10 Å². The third-order valence-corrected chi connectivity index (χ3v) is 8.25. The highest BCUT2D eigenvalue weighted by Crippen LogP contribution is 2.32. The van der Waals surface area contributed by atoms with E-state index in [9.17, 15) is 30.0 Å². The molecule has 8 unspecified atom stereocenters. The van der Waals surface area contributed by atoms with Gasteiger partial charge in [-0.3, -0.25) is 9.59 Å². The van der Waals surface area contributed by atoms with Crippen LogP contribution < -0.4 is 0 Å². The Balaban J connectivity index is 2.05. The summed E-state index contributed by atoms with van der Waals surface area (Å²) in [6.07, 6.45) is 2.74. The van der Waals surface area contributed by atoms with E-state index in [0.717, 1.165) is 17.6 Å². The van der Waals surface area contributed by atoms with Gasteiger partial charge in [0, 0.05) is 25.0 Å². The molecule has 0 aliphatic carbocycles. The number of hydrogen-bond donors (Lipinski definition) is 4. The molecule has 10 atom stereocenters. The van der Waals surface area contributed by atoms with Gasteiger partial charge in [-0.2, -0.15) is 0 Å². The van der Waals surface area contributed by atoms with E-state index in [0.29, 0.717) is 25.0 Å². The summed E-state index contributed by atoms with van der Waals surface area (Å²) in [7, 11) is 1.54. The van der Waals surface area contributed by atoms with E-state index in [2.05, 4.69) is 0 Å². The zero-order chi connectivity index (χ0) is 29.7. The quantitative estimate of drug-likeness (QED) is 0.238. The number of carboxylic acids is 1. The van der Waals surface area contributed by atoms with Crippen LogP contribution in [0.1, 0.15) is 74.1 Å². The Kier molecular flexibility index (Phi) is 11.9. The molecule has 0 saturated carbocycles. The van der Waals surface area contributed by atoms with Crippen LogP contribution in [0, 0.1) is 17.8 Å². The molecule has 0 aromatic rings. The molecule has 222 valence electrons. The first-order valence-electron chi connectivity index (χ1n) is 13.9. The molecule has 2 heterocycles. The third kappa shape index (κ3) is 8.72. The van der Waals surface area contributed by atoms with Crippen LogP contribution in [0.3, 0.4) is 0 Å². The standard InChI is InChI=1S/C30H48O9/c1-9-21-13-24(39-25(14-21)19(5)29(34)35)16(2)15-30(7,36)11-10-23(37-8)18(4)26(32)20(6)27(33)28-22(31)12-17(3)38-28/h12-13,15,18-20,23-28,32-33,36H,9-11,14H2,1-8H3,(H,34,35)/b16-15+/t18?,19?,20?,23?,24-,25+,26?,27?,28?,30?/m0/s1. The molecule has 39 heavy (non-hydrogen) atoms. The maximum atomic E-state index is 12.1. The van der Waals surface area contributed by atoms with Gasteiger partial charge in [-0.25, -0.2) is 0 Å². The highest BCUT2D eigenvalue weighted by atomic mass is 16.5. The van der Waals surface area contributed by atoms with Crippen molar-refractivity contribution in [3.63, 3.8) is 0 Å². The predicted molar refractivity (Wildman–Crippen MR) is 147 cm³/mol. The highest BCUT2D eigenvalue weighted by Gasteiger charge is 2.41. The summed E-state index contributed by atoms with van der Waals surface area (Å²) >= 11 is 0. The molecular formula is C30H48O9. The number of aliphatic hydroxyl groups excluding tert-OH is 2. The predicted octanol–water partition coefficient (Wildman–Crippen LogP) is 3.56. The van der Waals surface area contributed by atoms with Crippen molar-refractivity contribution in [3.8, 4) is 0 Å². The van der Waals surface area contributed by atoms with Crippen LogP contribution in [0.25, 0.3) is 0 Å². The number of rotatable bonds is 14. The van der Waals surface area contributed by atoms with Crippen molar-refractivity contribution in [2.75, 3.05) is 7.11 Å². The number of carbonyl (C=O) groups excluding carboxylic acids is 1. The zero-order valence-corrected chi connectivity index (χ0v) is 24.6. The normalized spacial score (nSPS) is 28.3. The molecule has 2 aliphatic rings. The van der Waals surface area contributed by atoms with Crippen molar-refractivity contribution in [1.82, 2.24) is 0 Å². The number of methoxy groups -OCH3 is 1. The minimum Gasteiger partial charge on any atom is -0.484 e. The van der Waals surface area contributed by atoms with Gasteiger partial charge in [0.25, 0.3) is 0 Å². The van der Waals surface area contributed by atoms with Gasteiger partial charge in [-0.1, -0.05) is 38.5 Å². The molecule has 0 radical (unpaired) electrons. The third-order valence-electron chi connectivity index (χ3n) is 8.25. The average molecular weight is 553 g/mol. The SMILES string of the molecule is CCC1=C[C@@H](/C(C)=C/C(C)(O)CCC(OC)C(C)C(O)C(C)C(O)C2OC(C)=CC2=O)O[C@@H](C(C)C(=O)O)C1. The topological polar surface area (TPSA) is 143 Å². The first-order chi connectivity index (χ1) is 18.1. The second-order valence-corrected chi connectivity index (χ2v) is 11.6. The van der Waals surface area contributed by atoms with E-state index in [4.69, 9.17) is 14.2 Å². The molecule has 0 aromatic heterocycles. The molecule has 0 aromatic carbocycles. The van der Waals surface area contributed by atoms with Crippen molar-refractivity contribution in [2.45, 2.75) is 116 Å². The number of carboxylic acid groups (broad SMARTS) is 1. The minimum absolute atomic E-state index is 0.320. The molecule has 0 spiro atoms. The lowest BCUT2D eigenvalue weighted by Crippen LogP contribution is -2.46. The number of aliphatic hydroxyl groups is 3. The lowest BCUT2D eigenvalue weighted by Gasteiger charge is -2.35. The summed E-state index contributed by atoms with van der Waals surface area (Å²) in [5.74, 6) is -2.49. The number of ketones is 1. The van der Waals surface area contributed by atoms with Gasteiger partial charge in [0.05, 0.1) is 41.7 Å². The first kappa shape index (κ1) is 33.2. The van der Waals surface area contributed by atoms with Crippen LogP contribution in [0.5, 0.6) is 0 Å². The summed E-state index contributed by atoms with van der Waals surface area (Å²) in [5.41, 5.74) is 0.710. The van der Waals surface area contributed by atoms with E-state index in [1.54, 1.807) is 40.9 Å². The smallest absolute Gasteiger partial charge is 0.308 e. The molecule has 0 bridgehead atoms. The number of ether oxygens (including phenoxy) is 3. The first-order valence-corrected chi connectivity index (χ1v) is 13.9. The van der Waals surface area contributed by atoms with Crippen LogP contribution in [0.15, 0.2) is 35.1 Å². The summed E-state index contributed by atoms with van der Waals surface area (Å²) in [6, 6.07) is 0. The van der Waals surface area contributed by atoms with E-state index < -0.39 is 65.9 Å². The van der Waals surface area contributed by atoms with Crippen LogP contribution in [0.2, 0.25) is 0 Å². The number of hydrogen-bond acceptors (Lipinski definition) is 8. The van der Waals surface area contributed by atoms with Gasteiger partial charge in [-0.05, 0) is 59.0 Å². The van der Waals surface area contributed by atoms with E-state index in [1.807, 2.05) is 26.8 Å². The van der Waals surface area contributed by atoms with Crippen LogP contribution >= 0.6 is 0 Å². The molecule has 9 nitrogen and oxygen atoms in total. The monoisotopic (exact) mass is 552 g/mol. The van der Waals surface area contributed by atoms with Crippen molar-refractivity contribution in [2.24, 2.45) is 17.8 Å². The summed E-state index contributed by atoms with van der Waals surface area (Å²) in [6.45, 7) is 12.4. The van der Waals surface area contributed by atoms with E-state index in [1.165, 1.54) is 6.08 Å². The number of allylic oxidation sites excluding steroid dienone is 1. The van der Waals surface area contributed by atoms with Gasteiger partial charge < -0.3 is 34.6 Å². The molecule has 0 amide bonds. The summed E-state index contributed by atoms with van der Waals surface area (Å²) < 4.78 is 17.2. The lowest BCUT2D eigenvalue weighted by molar-refractivity contribution is -0.147. The molecule has 0 fully saturated rings. The molecule has 4 N–H and O–H groups in total. The largest absolute Gasteiger partial charge is 0.484 e. The minimum atomic E-state index is -1.21. The van der Waals surface area contributed by atoms with Crippen LogP contribution in [-0.2, 0) is 23.8 Å². The molecular weight excluding hydrogens is 504 g/mol. The number of carbonyl (C=O) groups is 2. The molecule has 2 aliphatic heterocycles. The summed E-state index contributed by atoms with van der Waals surface area (Å²) in [4.78, 5) is 23.6. The number of aliphatic carboxylic acids is 1. The van der Waals surface area contributed by atoms with Gasteiger partial charge in [0.2, 0.25) is 5.78 Å². The van der Waals surface area contributed by atoms with Crippen molar-refractivity contribution < 1.29 is 44.2 Å². The highest BCUT2D eigenvalue weighted by molar-refractivity contribution is 5.96. The zero-order valence-electron chi connectivity index (χ0n) is 24.6. The Labute approximate surface area is 232 Å². The fraction of sp³-hybridized carbons (Fsp3) is 0.733. The Hall–Kier alpha value is -2.04. The van der Waals surface area contributed by atoms with Gasteiger partial charge in [0.15, 0.2) is 6.10 Å². The molecule has 2 rings (SSSR count). The van der Waals surface area contributed by atoms with Crippen LogP contribution in [-0.4, -0.2) is 81.5 Å². The Morgan fingerprint density at radius 2 is 1.90 bits per heavy atom. The fourth-order valence-electron chi connectivity index (χ4n) is 5.43. The second-order valence-electron chi connectivity index (χ2n) is 11.6. The van der Waals surface area contributed by atoms with Crippen molar-refractivity contribution in [3.05, 3.63) is 35.1 Å². The molecule has 0 saturated heterocycles. The summed E-state index contributed by atoms with van der Waals surface area (Å²) in [5, 5.41) is 42.4. The Morgan fingerprint density at radius 1 is 1.26 bits per heavy atom. The van der Waals surface area contributed by atoms with Crippen molar-refractivity contribution in [1.29, 1.82) is 0 Å². The maximum Gasteiger partial charge on any atom is 0.308 e. The maximum absolute atomic E-state index is 12.1. The molecule has 9 heteroatoms. The average Bonchev–Trinajstić information content (AvgIpc) is 3.23. The lowest BCUT2D eigenvalue weighted by atomic mass is 9.81. The van der Waals surface area contributed by atoms with Crippen LogP contribution in [0.4, 0.5) is 0 Å². The van der Waals surface area contributed by atoms with E-state index in [-0.39, 0.29) is 5.78 Å². The van der Waals surface area contributed by atoms with Gasteiger partial charge >= 0.3 is 5.97 Å². The fourth-order valence-corrected chi connectivity index (χ4v) is 5.43. The Bertz CT molecular complexity index is 950. The second kappa shape index (κ2) is 14.0. The van der Waals surface area contributed by atoms with Crippen molar-refractivity contribution >= 4 is 11.8 Å². The van der Waals surface area contributed by atoms with E-state index >= 15 is 0 Å².